The molecule has 4 nitrogen and oxygen atoms in total. The number of carbonyl (C=O) groups is 1. The molecule has 0 heterocycles. The van der Waals surface area contributed by atoms with Crippen molar-refractivity contribution >= 4 is 5.97 Å². The number of rotatable bonds is 7. The molecular weight excluding hydrogens is 230 g/mol. The summed E-state index contributed by atoms with van der Waals surface area (Å²) in [4.78, 5) is 10.9. The summed E-state index contributed by atoms with van der Waals surface area (Å²) in [6.45, 7) is 4.53. The molecule has 0 saturated heterocycles. The van der Waals surface area contributed by atoms with Crippen LogP contribution >= 0.6 is 0 Å². The summed E-state index contributed by atoms with van der Waals surface area (Å²) in [7, 11) is 0. The Hall–Kier alpha value is -1.55. The standard InChI is InChI=1S/C14H21NO3/c1-3-7-18-12-6-4-5-11(8-12)13(10(2)15)9-14(16)17/h4-6,8,10,13H,3,7,9,15H2,1-2H3,(H,16,17). The molecule has 1 aromatic carbocycles. The Kier molecular flexibility index (Phi) is 5.65. The van der Waals surface area contributed by atoms with Gasteiger partial charge in [0.1, 0.15) is 5.75 Å². The molecule has 2 atom stereocenters. The second kappa shape index (κ2) is 7.01. The van der Waals surface area contributed by atoms with Gasteiger partial charge < -0.3 is 15.6 Å². The van der Waals surface area contributed by atoms with Crippen molar-refractivity contribution in [1.29, 1.82) is 0 Å². The Morgan fingerprint density at radius 3 is 2.78 bits per heavy atom. The highest BCUT2D eigenvalue weighted by atomic mass is 16.5. The van der Waals surface area contributed by atoms with Crippen molar-refractivity contribution in [2.45, 2.75) is 38.6 Å². The molecule has 0 amide bonds. The maximum absolute atomic E-state index is 10.9. The van der Waals surface area contributed by atoms with Crippen LogP contribution in [0.3, 0.4) is 0 Å². The summed E-state index contributed by atoms with van der Waals surface area (Å²) >= 11 is 0. The first kappa shape index (κ1) is 14.5. The molecule has 100 valence electrons. The molecule has 0 bridgehead atoms. The normalized spacial score (nSPS) is 13.9. The lowest BCUT2D eigenvalue weighted by molar-refractivity contribution is -0.137. The summed E-state index contributed by atoms with van der Waals surface area (Å²) in [5.41, 5.74) is 6.78. The number of benzene rings is 1. The largest absolute Gasteiger partial charge is 0.494 e. The predicted octanol–water partition coefficient (Wildman–Crippen LogP) is 2.38. The fraction of sp³-hybridized carbons (Fsp3) is 0.500. The Balaban J connectivity index is 2.87. The maximum Gasteiger partial charge on any atom is 0.304 e. The van der Waals surface area contributed by atoms with Crippen LogP contribution in [0.15, 0.2) is 24.3 Å². The van der Waals surface area contributed by atoms with Gasteiger partial charge in [0.05, 0.1) is 13.0 Å². The third kappa shape index (κ3) is 4.37. The first-order valence-electron chi connectivity index (χ1n) is 6.24. The average molecular weight is 251 g/mol. The SMILES string of the molecule is CCCOc1cccc(C(CC(=O)O)C(C)N)c1. The van der Waals surface area contributed by atoms with Crippen LogP contribution in [-0.2, 0) is 4.79 Å². The van der Waals surface area contributed by atoms with Crippen molar-refractivity contribution in [2.24, 2.45) is 5.73 Å². The molecule has 0 fully saturated rings. The Bertz CT molecular complexity index is 390. The number of ether oxygens (including phenoxy) is 1. The van der Waals surface area contributed by atoms with E-state index < -0.39 is 5.97 Å². The van der Waals surface area contributed by atoms with Crippen molar-refractivity contribution in [2.75, 3.05) is 6.61 Å². The highest BCUT2D eigenvalue weighted by Gasteiger charge is 2.20. The number of nitrogens with two attached hydrogens (primary N) is 1. The third-order valence-corrected chi connectivity index (χ3v) is 2.79. The van der Waals surface area contributed by atoms with Crippen LogP contribution < -0.4 is 10.5 Å². The second-order valence-electron chi connectivity index (χ2n) is 4.48. The first-order valence-corrected chi connectivity index (χ1v) is 6.24. The quantitative estimate of drug-likeness (QED) is 0.780. The van der Waals surface area contributed by atoms with E-state index in [-0.39, 0.29) is 18.4 Å². The van der Waals surface area contributed by atoms with Gasteiger partial charge in [-0.2, -0.15) is 0 Å². The number of hydrogen-bond acceptors (Lipinski definition) is 3. The minimum absolute atomic E-state index is 0.0366. The smallest absolute Gasteiger partial charge is 0.304 e. The Labute approximate surface area is 108 Å². The number of hydrogen-bond donors (Lipinski definition) is 2. The third-order valence-electron chi connectivity index (χ3n) is 2.79. The molecule has 0 saturated carbocycles. The summed E-state index contributed by atoms with van der Waals surface area (Å²) in [5, 5.41) is 8.92. The molecule has 0 aliphatic rings. The Morgan fingerprint density at radius 2 is 2.22 bits per heavy atom. The molecule has 0 aromatic heterocycles. The van der Waals surface area contributed by atoms with E-state index in [4.69, 9.17) is 15.6 Å². The zero-order valence-corrected chi connectivity index (χ0v) is 10.9. The molecule has 1 rings (SSSR count). The molecule has 0 aliphatic carbocycles. The van der Waals surface area contributed by atoms with Gasteiger partial charge in [0.15, 0.2) is 0 Å². The van der Waals surface area contributed by atoms with Crippen LogP contribution in [-0.4, -0.2) is 23.7 Å². The van der Waals surface area contributed by atoms with Crippen molar-refractivity contribution in [3.05, 3.63) is 29.8 Å². The monoisotopic (exact) mass is 251 g/mol. The van der Waals surface area contributed by atoms with Gasteiger partial charge in [-0.1, -0.05) is 19.1 Å². The van der Waals surface area contributed by atoms with Crippen LogP contribution in [0.1, 0.15) is 38.2 Å². The highest BCUT2D eigenvalue weighted by molar-refractivity contribution is 5.68. The first-order chi connectivity index (χ1) is 8.54. The van der Waals surface area contributed by atoms with Crippen molar-refractivity contribution < 1.29 is 14.6 Å². The van der Waals surface area contributed by atoms with Crippen LogP contribution in [0.5, 0.6) is 5.75 Å². The highest BCUT2D eigenvalue weighted by Crippen LogP contribution is 2.26. The summed E-state index contributed by atoms with van der Waals surface area (Å²) < 4.78 is 5.54. The van der Waals surface area contributed by atoms with Crippen molar-refractivity contribution in [3.63, 3.8) is 0 Å². The lowest BCUT2D eigenvalue weighted by atomic mass is 9.90. The summed E-state index contributed by atoms with van der Waals surface area (Å²) in [5.74, 6) is -0.254. The van der Waals surface area contributed by atoms with Crippen molar-refractivity contribution in [1.82, 2.24) is 0 Å². The molecule has 18 heavy (non-hydrogen) atoms. The minimum Gasteiger partial charge on any atom is -0.494 e. The van der Waals surface area contributed by atoms with Gasteiger partial charge in [-0.05, 0) is 31.0 Å². The van der Waals surface area contributed by atoms with E-state index in [9.17, 15) is 4.79 Å². The number of carboxylic acids is 1. The van der Waals surface area contributed by atoms with E-state index in [1.54, 1.807) is 0 Å². The van der Waals surface area contributed by atoms with Crippen LogP contribution in [0.4, 0.5) is 0 Å². The number of aliphatic carboxylic acids is 1. The molecule has 1 aromatic rings. The van der Waals surface area contributed by atoms with Crippen LogP contribution in [0.2, 0.25) is 0 Å². The molecule has 4 heteroatoms. The molecule has 3 N–H and O–H groups in total. The van der Waals surface area contributed by atoms with Crippen molar-refractivity contribution in [3.8, 4) is 5.75 Å². The van der Waals surface area contributed by atoms with Gasteiger partial charge in [-0.25, -0.2) is 0 Å². The fourth-order valence-corrected chi connectivity index (χ4v) is 1.85. The van der Waals surface area contributed by atoms with E-state index in [0.29, 0.717) is 6.61 Å². The van der Waals surface area contributed by atoms with Crippen LogP contribution in [0, 0.1) is 0 Å². The second-order valence-corrected chi connectivity index (χ2v) is 4.48. The number of carboxylic acid groups (broad SMARTS) is 1. The summed E-state index contributed by atoms with van der Waals surface area (Å²) in [6, 6.07) is 7.32. The van der Waals surface area contributed by atoms with Gasteiger partial charge in [-0.15, -0.1) is 0 Å². The molecule has 0 aliphatic heterocycles. The van der Waals surface area contributed by atoms with Gasteiger partial charge in [0.25, 0.3) is 0 Å². The molecule has 0 radical (unpaired) electrons. The Morgan fingerprint density at radius 1 is 1.50 bits per heavy atom. The molecular formula is C14H21NO3. The average Bonchev–Trinajstić information content (AvgIpc) is 2.33. The summed E-state index contributed by atoms with van der Waals surface area (Å²) in [6.07, 6.45) is 0.977. The molecule has 0 spiro atoms. The lowest BCUT2D eigenvalue weighted by Gasteiger charge is -2.20. The van der Waals surface area contributed by atoms with E-state index in [2.05, 4.69) is 0 Å². The van der Waals surface area contributed by atoms with Gasteiger partial charge in [0.2, 0.25) is 0 Å². The maximum atomic E-state index is 10.9. The van der Waals surface area contributed by atoms with Crippen LogP contribution in [0.25, 0.3) is 0 Å². The molecule has 2 unspecified atom stereocenters. The van der Waals surface area contributed by atoms with Gasteiger partial charge in [0, 0.05) is 12.0 Å². The topological polar surface area (TPSA) is 72.5 Å². The van der Waals surface area contributed by atoms with E-state index in [0.717, 1.165) is 17.7 Å². The van der Waals surface area contributed by atoms with Gasteiger partial charge in [-0.3, -0.25) is 4.79 Å². The lowest BCUT2D eigenvalue weighted by Crippen LogP contribution is -2.26. The predicted molar refractivity (Wildman–Crippen MR) is 70.9 cm³/mol. The van der Waals surface area contributed by atoms with E-state index >= 15 is 0 Å². The zero-order chi connectivity index (χ0) is 13.5. The fourth-order valence-electron chi connectivity index (χ4n) is 1.85. The van der Waals surface area contributed by atoms with E-state index in [1.807, 2.05) is 38.1 Å². The van der Waals surface area contributed by atoms with E-state index in [1.165, 1.54) is 0 Å². The minimum atomic E-state index is -0.836. The van der Waals surface area contributed by atoms with Gasteiger partial charge >= 0.3 is 5.97 Å². The zero-order valence-electron chi connectivity index (χ0n) is 10.9.